The van der Waals surface area contributed by atoms with Crippen LogP contribution in [0, 0.1) is 6.92 Å². The van der Waals surface area contributed by atoms with Gasteiger partial charge >= 0.3 is 0 Å². The number of hydrogen-bond donors (Lipinski definition) is 0. The van der Waals surface area contributed by atoms with Gasteiger partial charge in [0.05, 0.1) is 12.1 Å². The molecule has 0 heterocycles. The largest absolute Gasteiger partial charge is 0.497 e. The first-order chi connectivity index (χ1) is 5.65. The van der Waals surface area contributed by atoms with E-state index in [1.807, 2.05) is 0 Å². The predicted molar refractivity (Wildman–Crippen MR) is 47.7 cm³/mol. The first kappa shape index (κ1) is 9.07. The molecular weight excluding hydrogens is 176 g/mol. The van der Waals surface area contributed by atoms with E-state index in [-0.39, 0.29) is 5.78 Å². The molecule has 0 amide bonds. The summed E-state index contributed by atoms with van der Waals surface area (Å²) in [4.78, 5) is 10.8. The molecule has 2 nitrogen and oxygen atoms in total. The van der Waals surface area contributed by atoms with Crippen molar-refractivity contribution in [2.24, 2.45) is 0 Å². The van der Waals surface area contributed by atoms with Gasteiger partial charge < -0.3 is 4.74 Å². The fourth-order valence-corrected chi connectivity index (χ4v) is 1.12. The van der Waals surface area contributed by atoms with Crippen LogP contribution in [0.1, 0.15) is 10.4 Å². The van der Waals surface area contributed by atoms with Crippen LogP contribution >= 0.6 is 11.6 Å². The van der Waals surface area contributed by atoms with Gasteiger partial charge in [0, 0.05) is 12.5 Å². The maximum atomic E-state index is 10.8. The monoisotopic (exact) mass is 183 g/mol. The fourth-order valence-electron chi connectivity index (χ4n) is 0.849. The summed E-state index contributed by atoms with van der Waals surface area (Å²) in [5.74, 6) is 0.340. The molecule has 0 spiro atoms. The van der Waals surface area contributed by atoms with Crippen molar-refractivity contribution < 1.29 is 9.53 Å². The van der Waals surface area contributed by atoms with Crippen molar-refractivity contribution in [1.82, 2.24) is 0 Å². The van der Waals surface area contributed by atoms with Gasteiger partial charge in [0.25, 0.3) is 0 Å². The second-order valence-electron chi connectivity index (χ2n) is 2.27. The number of hydrogen-bond acceptors (Lipinski definition) is 2. The number of Topliss-reactive ketones (excluding diaryl/α,β-unsaturated/α-hetero) is 1. The van der Waals surface area contributed by atoms with Crippen molar-refractivity contribution in [3.05, 3.63) is 35.7 Å². The lowest BCUT2D eigenvalue weighted by atomic mass is 10.1. The summed E-state index contributed by atoms with van der Waals surface area (Å²) in [7, 11) is 1.54. The molecule has 0 aromatic heterocycles. The van der Waals surface area contributed by atoms with Crippen molar-refractivity contribution in [2.45, 2.75) is 0 Å². The minimum Gasteiger partial charge on any atom is -0.497 e. The fraction of sp³-hybridized carbons (Fsp3) is 0.111. The third-order valence-corrected chi connectivity index (χ3v) is 1.79. The van der Waals surface area contributed by atoms with E-state index in [0.29, 0.717) is 16.3 Å². The summed E-state index contributed by atoms with van der Waals surface area (Å²) >= 11 is 5.76. The molecule has 12 heavy (non-hydrogen) atoms. The Morgan fingerprint density at radius 2 is 2.25 bits per heavy atom. The molecule has 0 aliphatic carbocycles. The van der Waals surface area contributed by atoms with E-state index in [1.165, 1.54) is 7.11 Å². The predicted octanol–water partition coefficient (Wildman–Crippen LogP) is 2.37. The summed E-state index contributed by atoms with van der Waals surface area (Å²) in [6, 6.07) is 4.85. The maximum absolute atomic E-state index is 10.8. The topological polar surface area (TPSA) is 26.3 Å². The van der Waals surface area contributed by atoms with E-state index in [9.17, 15) is 4.79 Å². The Hall–Kier alpha value is -1.02. The quantitative estimate of drug-likeness (QED) is 0.658. The number of carbonyl (C=O) groups excluding carboxylic acids is 1. The second kappa shape index (κ2) is 3.59. The highest BCUT2D eigenvalue weighted by molar-refractivity contribution is 6.34. The second-order valence-corrected chi connectivity index (χ2v) is 2.68. The Labute approximate surface area is 76.1 Å². The Balaban J connectivity index is 3.12. The smallest absolute Gasteiger partial charge is 0.164 e. The molecule has 0 saturated heterocycles. The molecule has 3 heteroatoms. The van der Waals surface area contributed by atoms with Crippen LogP contribution in [-0.4, -0.2) is 12.9 Å². The van der Waals surface area contributed by atoms with Gasteiger partial charge in [-0.1, -0.05) is 11.6 Å². The van der Waals surface area contributed by atoms with Crippen molar-refractivity contribution >= 4 is 17.4 Å². The Bertz CT molecular complexity index is 307. The molecular formula is C9H8ClO2. The van der Waals surface area contributed by atoms with E-state index >= 15 is 0 Å². The molecule has 1 rings (SSSR count). The van der Waals surface area contributed by atoms with E-state index in [1.54, 1.807) is 18.2 Å². The van der Waals surface area contributed by atoms with E-state index in [2.05, 4.69) is 6.92 Å². The molecule has 0 N–H and O–H groups in total. The van der Waals surface area contributed by atoms with Crippen LogP contribution in [-0.2, 0) is 0 Å². The highest BCUT2D eigenvalue weighted by Gasteiger charge is 2.05. The third kappa shape index (κ3) is 1.77. The summed E-state index contributed by atoms with van der Waals surface area (Å²) < 4.78 is 4.91. The van der Waals surface area contributed by atoms with Crippen LogP contribution < -0.4 is 4.74 Å². The van der Waals surface area contributed by atoms with Gasteiger partial charge in [-0.2, -0.15) is 0 Å². The maximum Gasteiger partial charge on any atom is 0.164 e. The molecule has 0 aliphatic heterocycles. The van der Waals surface area contributed by atoms with Crippen LogP contribution in [0.4, 0.5) is 0 Å². The number of carbonyl (C=O) groups is 1. The number of benzene rings is 1. The SMILES string of the molecule is [CH2]C(=O)c1ccc(OC)cc1Cl. The molecule has 0 unspecified atom stereocenters. The van der Waals surface area contributed by atoms with Gasteiger partial charge in [0.15, 0.2) is 5.78 Å². The lowest BCUT2D eigenvalue weighted by Crippen LogP contribution is -1.94. The van der Waals surface area contributed by atoms with Gasteiger partial charge in [-0.05, 0) is 18.2 Å². The zero-order chi connectivity index (χ0) is 9.14. The summed E-state index contributed by atoms with van der Waals surface area (Å²) in [6.45, 7) is 3.26. The Morgan fingerprint density at radius 3 is 2.67 bits per heavy atom. The number of halogens is 1. The van der Waals surface area contributed by atoms with Crippen molar-refractivity contribution in [1.29, 1.82) is 0 Å². The average molecular weight is 184 g/mol. The molecule has 0 saturated carbocycles. The number of methoxy groups -OCH3 is 1. The molecule has 1 aromatic rings. The number of rotatable bonds is 2. The first-order valence-corrected chi connectivity index (χ1v) is 3.73. The molecule has 1 radical (unpaired) electrons. The minimum absolute atomic E-state index is 0.289. The van der Waals surface area contributed by atoms with Crippen LogP contribution in [0.25, 0.3) is 0 Å². The zero-order valence-electron chi connectivity index (χ0n) is 6.63. The van der Waals surface area contributed by atoms with Crippen LogP contribution in [0.2, 0.25) is 5.02 Å². The highest BCUT2D eigenvalue weighted by Crippen LogP contribution is 2.22. The number of ether oxygens (including phenoxy) is 1. The first-order valence-electron chi connectivity index (χ1n) is 3.35. The van der Waals surface area contributed by atoms with Crippen molar-refractivity contribution in [3.63, 3.8) is 0 Å². The molecule has 63 valence electrons. The van der Waals surface area contributed by atoms with Crippen LogP contribution in [0.5, 0.6) is 5.75 Å². The van der Waals surface area contributed by atoms with E-state index in [4.69, 9.17) is 16.3 Å². The van der Waals surface area contributed by atoms with Gasteiger partial charge in [0.1, 0.15) is 5.75 Å². The van der Waals surface area contributed by atoms with E-state index in [0.717, 1.165) is 0 Å². The van der Waals surface area contributed by atoms with Crippen molar-refractivity contribution in [2.75, 3.05) is 7.11 Å². The molecule has 1 aromatic carbocycles. The Morgan fingerprint density at radius 1 is 1.58 bits per heavy atom. The molecule has 0 aliphatic rings. The summed E-state index contributed by atoms with van der Waals surface area (Å²) in [6.07, 6.45) is 0. The Kier molecular flexibility index (Phi) is 2.71. The lowest BCUT2D eigenvalue weighted by molar-refractivity contribution is 0.104. The normalized spacial score (nSPS) is 9.58. The third-order valence-electron chi connectivity index (χ3n) is 1.48. The number of ketones is 1. The lowest BCUT2D eigenvalue weighted by Gasteiger charge is -2.02. The van der Waals surface area contributed by atoms with E-state index < -0.39 is 0 Å². The summed E-state index contributed by atoms with van der Waals surface area (Å²) in [5, 5.41) is 0.370. The standard InChI is InChI=1S/C9H8ClO2/c1-6(11)8-4-3-7(12-2)5-9(8)10/h3-5H,1H2,2H3. The van der Waals surface area contributed by atoms with Crippen molar-refractivity contribution in [3.8, 4) is 5.75 Å². The van der Waals surface area contributed by atoms with Gasteiger partial charge in [-0.15, -0.1) is 0 Å². The molecule has 0 fully saturated rings. The van der Waals surface area contributed by atoms with Crippen LogP contribution in [0.3, 0.4) is 0 Å². The van der Waals surface area contributed by atoms with Gasteiger partial charge in [-0.25, -0.2) is 0 Å². The average Bonchev–Trinajstić information content (AvgIpc) is 2.03. The minimum atomic E-state index is -0.289. The zero-order valence-corrected chi connectivity index (χ0v) is 7.39. The molecule has 0 bridgehead atoms. The van der Waals surface area contributed by atoms with Gasteiger partial charge in [-0.3, -0.25) is 4.79 Å². The van der Waals surface area contributed by atoms with Crippen LogP contribution in [0.15, 0.2) is 18.2 Å². The summed E-state index contributed by atoms with van der Waals surface area (Å²) in [5.41, 5.74) is 0.414. The highest BCUT2D eigenvalue weighted by atomic mass is 35.5. The van der Waals surface area contributed by atoms with Gasteiger partial charge in [0.2, 0.25) is 0 Å². The molecule has 0 atom stereocenters.